The summed E-state index contributed by atoms with van der Waals surface area (Å²) >= 11 is 0. The Morgan fingerprint density at radius 2 is 2.19 bits per heavy atom. The summed E-state index contributed by atoms with van der Waals surface area (Å²) in [5.74, 6) is 0.127. The minimum Gasteiger partial charge on any atom is -0.310 e. The van der Waals surface area contributed by atoms with Crippen molar-refractivity contribution < 1.29 is 17.6 Å². The molecule has 0 bridgehead atoms. The van der Waals surface area contributed by atoms with Crippen molar-refractivity contribution in [3.63, 3.8) is 0 Å². The maximum atomic E-state index is 13.3. The van der Waals surface area contributed by atoms with Crippen molar-refractivity contribution in [2.75, 3.05) is 30.4 Å². The van der Waals surface area contributed by atoms with Crippen LogP contribution in [-0.2, 0) is 21.2 Å². The molecular formula is C18H23FN4O3S. The zero-order chi connectivity index (χ0) is 19.6. The Labute approximate surface area is 158 Å². The number of nitrogens with zero attached hydrogens (tertiary/aromatic N) is 3. The van der Waals surface area contributed by atoms with Gasteiger partial charge in [0.05, 0.1) is 29.8 Å². The lowest BCUT2D eigenvalue weighted by atomic mass is 10.2. The molecule has 1 aliphatic heterocycles. The van der Waals surface area contributed by atoms with Crippen LogP contribution in [0, 0.1) is 12.7 Å². The summed E-state index contributed by atoms with van der Waals surface area (Å²) in [7, 11) is -1.27. The number of nitrogens with one attached hydrogen (secondary N) is 1. The van der Waals surface area contributed by atoms with Crippen molar-refractivity contribution in [3.05, 3.63) is 47.4 Å². The van der Waals surface area contributed by atoms with Gasteiger partial charge in [-0.3, -0.25) is 9.69 Å². The normalized spacial score (nSPS) is 18.7. The number of hydrogen-bond acceptors (Lipinski definition) is 5. The molecular weight excluding hydrogens is 371 g/mol. The number of halogens is 1. The third kappa shape index (κ3) is 5.14. The molecule has 3 rings (SSSR count). The molecule has 0 aliphatic carbocycles. The fourth-order valence-electron chi connectivity index (χ4n) is 3.29. The Morgan fingerprint density at radius 3 is 2.85 bits per heavy atom. The highest BCUT2D eigenvalue weighted by Gasteiger charge is 2.31. The highest BCUT2D eigenvalue weighted by molar-refractivity contribution is 7.91. The Kier molecular flexibility index (Phi) is 5.61. The van der Waals surface area contributed by atoms with Gasteiger partial charge in [-0.2, -0.15) is 5.10 Å². The number of carbonyl (C=O) groups excluding carboxylic acids is 1. The van der Waals surface area contributed by atoms with Crippen LogP contribution in [0.3, 0.4) is 0 Å². The van der Waals surface area contributed by atoms with Crippen molar-refractivity contribution >= 4 is 21.6 Å². The highest BCUT2D eigenvalue weighted by atomic mass is 32.2. The second-order valence-electron chi connectivity index (χ2n) is 7.02. The molecule has 9 heteroatoms. The van der Waals surface area contributed by atoms with E-state index in [4.69, 9.17) is 0 Å². The molecule has 1 aromatic carbocycles. The number of carbonyl (C=O) groups is 1. The van der Waals surface area contributed by atoms with E-state index in [2.05, 4.69) is 10.4 Å². The van der Waals surface area contributed by atoms with Gasteiger partial charge in [0.25, 0.3) is 0 Å². The summed E-state index contributed by atoms with van der Waals surface area (Å²) in [6, 6.07) is 7.72. The smallest absolute Gasteiger partial charge is 0.239 e. The van der Waals surface area contributed by atoms with E-state index in [1.54, 1.807) is 41.8 Å². The lowest BCUT2D eigenvalue weighted by Crippen LogP contribution is -2.31. The molecule has 1 saturated heterocycles. The van der Waals surface area contributed by atoms with Crippen LogP contribution in [0.4, 0.5) is 10.2 Å². The Morgan fingerprint density at radius 1 is 1.41 bits per heavy atom. The molecule has 146 valence electrons. The quantitative estimate of drug-likeness (QED) is 0.807. The van der Waals surface area contributed by atoms with Crippen LogP contribution in [0.1, 0.15) is 23.7 Å². The van der Waals surface area contributed by atoms with E-state index < -0.39 is 9.84 Å². The van der Waals surface area contributed by atoms with Gasteiger partial charge in [-0.15, -0.1) is 0 Å². The molecule has 2 aromatic rings. The van der Waals surface area contributed by atoms with Gasteiger partial charge in [0.15, 0.2) is 9.84 Å². The number of hydrogen-bond donors (Lipinski definition) is 1. The van der Waals surface area contributed by atoms with Crippen molar-refractivity contribution in [1.82, 2.24) is 14.7 Å². The Balaban J connectivity index is 1.62. The predicted molar refractivity (Wildman–Crippen MR) is 101 cm³/mol. The van der Waals surface area contributed by atoms with Gasteiger partial charge in [-0.05, 0) is 38.1 Å². The van der Waals surface area contributed by atoms with Crippen LogP contribution in [-0.4, -0.2) is 54.1 Å². The molecule has 0 radical (unpaired) electrons. The van der Waals surface area contributed by atoms with Gasteiger partial charge in [0.2, 0.25) is 5.91 Å². The second-order valence-corrected chi connectivity index (χ2v) is 9.25. The van der Waals surface area contributed by atoms with Crippen LogP contribution in [0.25, 0.3) is 0 Å². The van der Waals surface area contributed by atoms with E-state index in [1.807, 2.05) is 0 Å². The van der Waals surface area contributed by atoms with E-state index in [1.165, 1.54) is 12.1 Å². The third-order valence-corrected chi connectivity index (χ3v) is 6.19. The van der Waals surface area contributed by atoms with Gasteiger partial charge in [-0.1, -0.05) is 12.1 Å². The van der Waals surface area contributed by atoms with E-state index in [0.29, 0.717) is 24.5 Å². The standard InChI is InChI=1S/C18H23FN4O3S/c1-13-8-17(23(21-13)16-6-7-27(25,26)12-16)20-18(24)11-22(2)10-14-4-3-5-15(19)9-14/h3-5,8-9,16H,6-7,10-12H2,1-2H3,(H,20,24). The number of anilines is 1. The molecule has 0 spiro atoms. The summed E-state index contributed by atoms with van der Waals surface area (Å²) in [5, 5.41) is 7.16. The largest absolute Gasteiger partial charge is 0.310 e. The van der Waals surface area contributed by atoms with Gasteiger partial charge >= 0.3 is 0 Å². The first-order valence-corrected chi connectivity index (χ1v) is 10.5. The first-order valence-electron chi connectivity index (χ1n) is 8.71. The Bertz CT molecular complexity index is 942. The van der Waals surface area contributed by atoms with E-state index in [0.717, 1.165) is 5.56 Å². The molecule has 1 fully saturated rings. The molecule has 1 N–H and O–H groups in total. The lowest BCUT2D eigenvalue weighted by Gasteiger charge is -2.18. The molecule has 27 heavy (non-hydrogen) atoms. The molecule has 1 amide bonds. The number of aryl methyl sites for hydroxylation is 1. The molecule has 1 unspecified atom stereocenters. The van der Waals surface area contributed by atoms with Crippen LogP contribution >= 0.6 is 0 Å². The molecule has 1 aromatic heterocycles. The van der Waals surface area contributed by atoms with E-state index in [9.17, 15) is 17.6 Å². The minimum atomic E-state index is -3.05. The van der Waals surface area contributed by atoms with Gasteiger partial charge in [0, 0.05) is 12.6 Å². The monoisotopic (exact) mass is 394 g/mol. The van der Waals surface area contributed by atoms with Gasteiger partial charge in [0.1, 0.15) is 11.6 Å². The van der Waals surface area contributed by atoms with Crippen molar-refractivity contribution in [2.45, 2.75) is 25.9 Å². The number of benzene rings is 1. The summed E-state index contributed by atoms with van der Waals surface area (Å²) < 4.78 is 38.3. The lowest BCUT2D eigenvalue weighted by molar-refractivity contribution is -0.117. The first kappa shape index (κ1) is 19.5. The molecule has 2 heterocycles. The number of amides is 1. The van der Waals surface area contributed by atoms with Crippen molar-refractivity contribution in [3.8, 4) is 0 Å². The van der Waals surface area contributed by atoms with Crippen LogP contribution in [0.15, 0.2) is 30.3 Å². The summed E-state index contributed by atoms with van der Waals surface area (Å²) in [4.78, 5) is 14.2. The average molecular weight is 394 g/mol. The fraction of sp³-hybridized carbons (Fsp3) is 0.444. The Hall–Kier alpha value is -2.26. The molecule has 7 nitrogen and oxygen atoms in total. The minimum absolute atomic E-state index is 0.0382. The second kappa shape index (κ2) is 7.77. The van der Waals surface area contributed by atoms with Gasteiger partial charge < -0.3 is 5.32 Å². The van der Waals surface area contributed by atoms with E-state index in [-0.39, 0.29) is 35.8 Å². The first-order chi connectivity index (χ1) is 12.7. The predicted octanol–water partition coefficient (Wildman–Crippen LogP) is 1.76. The number of likely N-dealkylation sites (N-methyl/N-ethyl adjacent to an activating group) is 1. The van der Waals surface area contributed by atoms with Crippen LogP contribution in [0.2, 0.25) is 0 Å². The number of sulfone groups is 1. The molecule has 0 saturated carbocycles. The SMILES string of the molecule is Cc1cc(NC(=O)CN(C)Cc2cccc(F)c2)n(C2CCS(=O)(=O)C2)n1. The van der Waals surface area contributed by atoms with Crippen molar-refractivity contribution in [1.29, 1.82) is 0 Å². The maximum absolute atomic E-state index is 13.3. The van der Waals surface area contributed by atoms with Crippen LogP contribution in [0.5, 0.6) is 0 Å². The summed E-state index contributed by atoms with van der Waals surface area (Å²) in [6.07, 6.45) is 0.492. The zero-order valence-corrected chi connectivity index (χ0v) is 16.2. The van der Waals surface area contributed by atoms with E-state index >= 15 is 0 Å². The van der Waals surface area contributed by atoms with Gasteiger partial charge in [-0.25, -0.2) is 17.5 Å². The van der Waals surface area contributed by atoms with Crippen LogP contribution < -0.4 is 5.32 Å². The number of aromatic nitrogens is 2. The number of rotatable bonds is 6. The molecule has 1 atom stereocenters. The average Bonchev–Trinajstić information content (AvgIpc) is 3.09. The van der Waals surface area contributed by atoms with Crippen molar-refractivity contribution in [2.24, 2.45) is 0 Å². The highest BCUT2D eigenvalue weighted by Crippen LogP contribution is 2.27. The maximum Gasteiger partial charge on any atom is 0.239 e. The summed E-state index contributed by atoms with van der Waals surface area (Å²) in [5.41, 5.74) is 1.49. The molecule has 1 aliphatic rings. The summed E-state index contributed by atoms with van der Waals surface area (Å²) in [6.45, 7) is 2.35. The zero-order valence-electron chi connectivity index (χ0n) is 15.4. The third-order valence-electron chi connectivity index (χ3n) is 4.43. The fourth-order valence-corrected chi connectivity index (χ4v) is 4.98. The topological polar surface area (TPSA) is 84.3 Å².